The van der Waals surface area contributed by atoms with Crippen molar-refractivity contribution in [2.75, 3.05) is 35.6 Å². The quantitative estimate of drug-likeness (QED) is 0.595. The molecule has 1 aromatic heterocycles. The van der Waals surface area contributed by atoms with Gasteiger partial charge in [0.1, 0.15) is 18.2 Å². The van der Waals surface area contributed by atoms with Crippen LogP contribution in [0.4, 0.5) is 26.1 Å². The zero-order valence-corrected chi connectivity index (χ0v) is 18.4. The maximum Gasteiger partial charge on any atom is 0.245 e. The molecule has 0 bridgehead atoms. The van der Waals surface area contributed by atoms with E-state index >= 15 is 0 Å². The third-order valence-electron chi connectivity index (χ3n) is 6.12. The van der Waals surface area contributed by atoms with Crippen molar-refractivity contribution in [3.05, 3.63) is 41.2 Å². The van der Waals surface area contributed by atoms with Gasteiger partial charge < -0.3 is 26.6 Å². The standard InChI is InChI=1S/C21H24ClF2N7O2/c22-11-6-12(23)8-13(7-11)29-15-2-1-4-31(21(15)33)16-9-30(5-3-14(16)19(26)32)20-17(24)18(25)27-10-28-20/h6-8,10,14-16,29H,1-5,9H2,(H2,26,32)(H2,25,27,28)/t14?,15-,16+/m1/s1. The van der Waals surface area contributed by atoms with Gasteiger partial charge in [0.2, 0.25) is 17.6 Å². The molecule has 0 saturated carbocycles. The fourth-order valence-electron chi connectivity index (χ4n) is 4.57. The molecule has 5 N–H and O–H groups in total. The van der Waals surface area contributed by atoms with Gasteiger partial charge in [0, 0.05) is 30.3 Å². The van der Waals surface area contributed by atoms with Gasteiger partial charge in [-0.3, -0.25) is 9.59 Å². The number of aromatic nitrogens is 2. The second kappa shape index (κ2) is 9.34. The zero-order valence-electron chi connectivity index (χ0n) is 17.7. The Bertz CT molecular complexity index is 1050. The van der Waals surface area contributed by atoms with Crippen molar-refractivity contribution in [3.63, 3.8) is 0 Å². The SMILES string of the molecule is NC(=O)C1CCN(c2ncnc(N)c2F)C[C@@H]1N1CCC[C@@H](Nc2cc(F)cc(Cl)c2)C1=O. The molecule has 3 atom stereocenters. The topological polar surface area (TPSA) is 130 Å². The Morgan fingerprint density at radius 1 is 1.18 bits per heavy atom. The molecule has 3 heterocycles. The molecule has 2 aliphatic rings. The van der Waals surface area contributed by atoms with Crippen molar-refractivity contribution >= 4 is 40.7 Å². The molecule has 9 nitrogen and oxygen atoms in total. The number of nitrogen functional groups attached to an aromatic ring is 1. The highest BCUT2D eigenvalue weighted by atomic mass is 35.5. The first-order valence-electron chi connectivity index (χ1n) is 10.6. The van der Waals surface area contributed by atoms with Crippen LogP contribution in [-0.2, 0) is 9.59 Å². The largest absolute Gasteiger partial charge is 0.381 e. The van der Waals surface area contributed by atoms with Crippen molar-refractivity contribution in [2.24, 2.45) is 11.7 Å². The number of piperidine rings is 2. The summed E-state index contributed by atoms with van der Waals surface area (Å²) >= 11 is 5.92. The van der Waals surface area contributed by atoms with Gasteiger partial charge in [-0.15, -0.1) is 0 Å². The number of benzene rings is 1. The molecule has 2 saturated heterocycles. The summed E-state index contributed by atoms with van der Waals surface area (Å²) in [5, 5.41) is 3.25. The van der Waals surface area contributed by atoms with Crippen LogP contribution in [0.2, 0.25) is 5.02 Å². The number of carbonyl (C=O) groups excluding carboxylic acids is 2. The van der Waals surface area contributed by atoms with Crippen molar-refractivity contribution in [3.8, 4) is 0 Å². The highest BCUT2D eigenvalue weighted by molar-refractivity contribution is 6.30. The number of likely N-dealkylation sites (tertiary alicyclic amines) is 1. The molecule has 0 aliphatic carbocycles. The Morgan fingerprint density at radius 3 is 2.70 bits per heavy atom. The lowest BCUT2D eigenvalue weighted by atomic mass is 9.87. The predicted molar refractivity (Wildman–Crippen MR) is 119 cm³/mol. The van der Waals surface area contributed by atoms with E-state index in [9.17, 15) is 18.4 Å². The van der Waals surface area contributed by atoms with E-state index in [1.807, 2.05) is 0 Å². The summed E-state index contributed by atoms with van der Waals surface area (Å²) in [6.45, 7) is 0.895. The highest BCUT2D eigenvalue weighted by Crippen LogP contribution is 2.31. The number of hydrogen-bond donors (Lipinski definition) is 3. The van der Waals surface area contributed by atoms with Crippen LogP contribution >= 0.6 is 11.6 Å². The molecule has 33 heavy (non-hydrogen) atoms. The Kier molecular flexibility index (Phi) is 6.50. The van der Waals surface area contributed by atoms with E-state index in [1.165, 1.54) is 24.5 Å². The van der Waals surface area contributed by atoms with Gasteiger partial charge in [-0.2, -0.15) is 4.39 Å². The van der Waals surface area contributed by atoms with E-state index in [0.717, 1.165) is 0 Å². The molecule has 2 fully saturated rings. The number of nitrogens with two attached hydrogens (primary N) is 2. The first-order chi connectivity index (χ1) is 15.7. The average molecular weight is 480 g/mol. The maximum absolute atomic E-state index is 14.5. The maximum atomic E-state index is 14.5. The first-order valence-corrected chi connectivity index (χ1v) is 11.0. The minimum atomic E-state index is -0.749. The average Bonchev–Trinajstić information content (AvgIpc) is 2.76. The Hall–Kier alpha value is -3.21. The molecule has 2 aliphatic heterocycles. The lowest BCUT2D eigenvalue weighted by Crippen LogP contribution is -2.61. The number of nitrogens with zero attached hydrogens (tertiary/aromatic N) is 4. The molecule has 176 valence electrons. The number of carbonyl (C=O) groups is 2. The van der Waals surface area contributed by atoms with Gasteiger partial charge in [-0.05, 0) is 37.5 Å². The number of primary amides is 1. The van der Waals surface area contributed by atoms with Crippen molar-refractivity contribution in [2.45, 2.75) is 31.3 Å². The molecular weight excluding hydrogens is 456 g/mol. The summed E-state index contributed by atoms with van der Waals surface area (Å²) in [6, 6.07) is 2.75. The van der Waals surface area contributed by atoms with E-state index in [0.29, 0.717) is 38.0 Å². The molecule has 2 aromatic rings. The zero-order chi connectivity index (χ0) is 23.7. The third kappa shape index (κ3) is 4.77. The van der Waals surface area contributed by atoms with E-state index < -0.39 is 35.5 Å². The van der Waals surface area contributed by atoms with Crippen LogP contribution in [0.3, 0.4) is 0 Å². The first kappa shape index (κ1) is 23.0. The van der Waals surface area contributed by atoms with E-state index in [4.69, 9.17) is 23.1 Å². The van der Waals surface area contributed by atoms with Crippen molar-refractivity contribution in [1.29, 1.82) is 0 Å². The lowest BCUT2D eigenvalue weighted by molar-refractivity contribution is -0.140. The monoisotopic (exact) mass is 479 g/mol. The second-order valence-electron chi connectivity index (χ2n) is 8.24. The van der Waals surface area contributed by atoms with E-state index in [2.05, 4.69) is 15.3 Å². The normalized spacial score (nSPS) is 23.5. The predicted octanol–water partition coefficient (Wildman–Crippen LogP) is 1.77. The Morgan fingerprint density at radius 2 is 1.97 bits per heavy atom. The minimum absolute atomic E-state index is 0.0176. The van der Waals surface area contributed by atoms with Crippen LogP contribution in [0.15, 0.2) is 24.5 Å². The van der Waals surface area contributed by atoms with Crippen molar-refractivity contribution < 1.29 is 18.4 Å². The number of rotatable bonds is 5. The summed E-state index contributed by atoms with van der Waals surface area (Å²) in [5.74, 6) is -2.90. The molecule has 4 rings (SSSR count). The van der Waals surface area contributed by atoms with Crippen LogP contribution < -0.4 is 21.7 Å². The summed E-state index contributed by atoms with van der Waals surface area (Å²) in [4.78, 5) is 36.5. The molecule has 2 amide bonds. The van der Waals surface area contributed by atoms with E-state index in [1.54, 1.807) is 9.80 Å². The van der Waals surface area contributed by atoms with Crippen LogP contribution in [0, 0.1) is 17.6 Å². The van der Waals surface area contributed by atoms with Gasteiger partial charge in [-0.1, -0.05) is 11.6 Å². The van der Waals surface area contributed by atoms with Crippen LogP contribution in [0.1, 0.15) is 19.3 Å². The van der Waals surface area contributed by atoms with Crippen LogP contribution in [0.5, 0.6) is 0 Å². The molecule has 12 heteroatoms. The molecule has 0 radical (unpaired) electrons. The lowest BCUT2D eigenvalue weighted by Gasteiger charge is -2.46. The van der Waals surface area contributed by atoms with Crippen LogP contribution in [-0.4, -0.2) is 58.4 Å². The van der Waals surface area contributed by atoms with Crippen LogP contribution in [0.25, 0.3) is 0 Å². The molecular formula is C21H24ClF2N7O2. The fourth-order valence-corrected chi connectivity index (χ4v) is 4.79. The van der Waals surface area contributed by atoms with Gasteiger partial charge in [0.15, 0.2) is 11.6 Å². The number of anilines is 3. The smallest absolute Gasteiger partial charge is 0.245 e. The van der Waals surface area contributed by atoms with Crippen molar-refractivity contribution in [1.82, 2.24) is 14.9 Å². The molecule has 1 aromatic carbocycles. The van der Waals surface area contributed by atoms with Gasteiger partial charge >= 0.3 is 0 Å². The van der Waals surface area contributed by atoms with E-state index in [-0.39, 0.29) is 29.1 Å². The van der Waals surface area contributed by atoms with Gasteiger partial charge in [0.05, 0.1) is 12.0 Å². The number of amides is 2. The summed E-state index contributed by atoms with van der Waals surface area (Å²) in [6.07, 6.45) is 2.67. The summed E-state index contributed by atoms with van der Waals surface area (Å²) in [5.41, 5.74) is 11.6. The minimum Gasteiger partial charge on any atom is -0.381 e. The fraction of sp³-hybridized carbons (Fsp3) is 0.429. The summed E-state index contributed by atoms with van der Waals surface area (Å²) in [7, 11) is 0. The number of nitrogens with one attached hydrogen (secondary N) is 1. The Labute approximate surface area is 194 Å². The molecule has 1 unspecified atom stereocenters. The van der Waals surface area contributed by atoms with Gasteiger partial charge in [0.25, 0.3) is 0 Å². The third-order valence-corrected chi connectivity index (χ3v) is 6.34. The second-order valence-corrected chi connectivity index (χ2v) is 8.67. The molecule has 0 spiro atoms. The number of hydrogen-bond acceptors (Lipinski definition) is 7. The Balaban J connectivity index is 1.57. The highest BCUT2D eigenvalue weighted by Gasteiger charge is 2.42. The number of halogens is 3. The van der Waals surface area contributed by atoms with Gasteiger partial charge in [-0.25, -0.2) is 14.4 Å². The summed E-state index contributed by atoms with van der Waals surface area (Å²) < 4.78 is 28.3.